The lowest BCUT2D eigenvalue weighted by molar-refractivity contribution is 0.376. The fourth-order valence-corrected chi connectivity index (χ4v) is 6.54. The number of aromatic amines is 2. The van der Waals surface area contributed by atoms with Gasteiger partial charge in [-0.3, -0.25) is 4.99 Å². The second kappa shape index (κ2) is 12.8. The Labute approximate surface area is 299 Å². The summed E-state index contributed by atoms with van der Waals surface area (Å²) in [6, 6.07) is 3.93. The minimum atomic E-state index is -2.59. The van der Waals surface area contributed by atoms with Crippen LogP contribution in [0.2, 0.25) is 0 Å². The van der Waals surface area contributed by atoms with E-state index in [4.69, 9.17) is 0 Å². The molecule has 0 aliphatic carbocycles. The van der Waals surface area contributed by atoms with Crippen molar-refractivity contribution in [1.82, 2.24) is 9.97 Å². The molecule has 56 heavy (non-hydrogen) atoms. The molecule has 19 heteroatoms. The van der Waals surface area contributed by atoms with Crippen LogP contribution in [-0.2, 0) is 0 Å². The lowest BCUT2D eigenvalue weighted by atomic mass is 9.90. The highest BCUT2D eigenvalue weighted by Gasteiger charge is 2.35. The van der Waals surface area contributed by atoms with Gasteiger partial charge in [0.15, 0.2) is 69.8 Å². The van der Waals surface area contributed by atoms with Gasteiger partial charge in [-0.15, -0.1) is 0 Å². The average Bonchev–Trinajstić information content (AvgIpc) is 4.03. The predicted molar refractivity (Wildman–Crippen MR) is 166 cm³/mol. The molecule has 3 aromatic carbocycles. The molecule has 0 spiro atoms. The summed E-state index contributed by atoms with van der Waals surface area (Å²) in [5.74, 6) is -36.4. The van der Waals surface area contributed by atoms with Crippen molar-refractivity contribution in [3.05, 3.63) is 174 Å². The molecule has 4 nitrogen and oxygen atoms in total. The number of nitrogens with zero attached hydrogens (tertiary/aromatic N) is 2. The van der Waals surface area contributed by atoms with Crippen LogP contribution in [0.3, 0.4) is 0 Å². The molecule has 0 atom stereocenters. The summed E-state index contributed by atoms with van der Waals surface area (Å²) in [7, 11) is 0. The zero-order valence-electron chi connectivity index (χ0n) is 26.8. The molecular weight excluding hydrogens is 785 g/mol. The Balaban J connectivity index is 1.56. The number of allylic oxidation sites excluding steroid dienone is 2. The molecule has 0 amide bonds. The third-order valence-electron chi connectivity index (χ3n) is 9.08. The molecule has 0 fully saturated rings. The molecule has 0 unspecified atom stereocenters. The highest BCUT2D eigenvalue weighted by atomic mass is 19.2. The van der Waals surface area contributed by atoms with Crippen LogP contribution in [0, 0.1) is 87.3 Å². The maximum absolute atomic E-state index is 15.6. The van der Waals surface area contributed by atoms with E-state index in [2.05, 4.69) is 20.0 Å². The van der Waals surface area contributed by atoms with Gasteiger partial charge < -0.3 is 9.97 Å². The SMILES string of the molecule is Fc1c(F)c(F)c(C2=c3ccc([nH]3)=C3C=CC(=N3)C(c3c(F)c(F)c(F)c(F)c3F)=c3ccc([nH]3)=C(c3c(F)c(F)c(F)c(F)c3F)C3=NC=C2C3)c(F)c1F. The van der Waals surface area contributed by atoms with E-state index >= 15 is 26.3 Å². The molecule has 8 rings (SSSR count). The van der Waals surface area contributed by atoms with Crippen molar-refractivity contribution >= 4 is 33.8 Å². The van der Waals surface area contributed by atoms with Crippen molar-refractivity contribution in [1.29, 1.82) is 0 Å². The molecule has 2 N–H and O–H groups in total. The molecule has 3 aliphatic heterocycles. The Morgan fingerprint density at radius 1 is 0.393 bits per heavy atom. The number of hydrogen-bond acceptors (Lipinski definition) is 2. The number of aromatic nitrogens is 2. The first-order valence-corrected chi connectivity index (χ1v) is 15.5. The highest BCUT2D eigenvalue weighted by molar-refractivity contribution is 6.32. The van der Waals surface area contributed by atoms with E-state index in [0.29, 0.717) is 0 Å². The minimum absolute atomic E-state index is 0.111. The largest absolute Gasteiger partial charge is 0.354 e. The van der Waals surface area contributed by atoms with Crippen molar-refractivity contribution in [2.24, 2.45) is 9.98 Å². The third kappa shape index (κ3) is 5.12. The van der Waals surface area contributed by atoms with Crippen molar-refractivity contribution in [2.45, 2.75) is 6.42 Å². The lowest BCUT2D eigenvalue weighted by Crippen LogP contribution is -2.24. The van der Waals surface area contributed by atoms with Gasteiger partial charge in [0.25, 0.3) is 0 Å². The molecule has 0 radical (unpaired) electrons. The minimum Gasteiger partial charge on any atom is -0.354 e. The first-order chi connectivity index (χ1) is 26.5. The number of H-pyrrole nitrogens is 2. The predicted octanol–water partition coefficient (Wildman–Crippen LogP) is 6.59. The van der Waals surface area contributed by atoms with Crippen molar-refractivity contribution in [3.63, 3.8) is 0 Å². The van der Waals surface area contributed by atoms with Crippen LogP contribution in [0.5, 0.6) is 0 Å². The zero-order valence-corrected chi connectivity index (χ0v) is 26.8. The van der Waals surface area contributed by atoms with E-state index in [9.17, 15) is 39.5 Å². The Bertz CT molecular complexity index is 2970. The molecule has 5 heterocycles. The first kappa shape index (κ1) is 36.4. The highest BCUT2D eigenvalue weighted by Crippen LogP contribution is 2.37. The van der Waals surface area contributed by atoms with Crippen molar-refractivity contribution < 1.29 is 65.9 Å². The Morgan fingerprint density at radius 2 is 0.750 bits per heavy atom. The van der Waals surface area contributed by atoms with Gasteiger partial charge in [-0.2, -0.15) is 0 Å². The molecule has 2 aromatic heterocycles. The van der Waals surface area contributed by atoms with Crippen LogP contribution >= 0.6 is 0 Å². The zero-order chi connectivity index (χ0) is 40.2. The van der Waals surface area contributed by atoms with Gasteiger partial charge in [0, 0.05) is 45.4 Å². The maximum Gasteiger partial charge on any atom is 0.200 e. The van der Waals surface area contributed by atoms with Crippen LogP contribution in [0.1, 0.15) is 23.1 Å². The number of hydrogen-bond donors (Lipinski definition) is 2. The molecule has 8 bridgehead atoms. The number of halogens is 15. The van der Waals surface area contributed by atoms with E-state index in [0.717, 1.165) is 42.6 Å². The normalized spacial score (nSPS) is 15.1. The quantitative estimate of drug-likeness (QED) is 0.118. The number of rotatable bonds is 3. The Hall–Kier alpha value is -6.53. The van der Waals surface area contributed by atoms with Crippen LogP contribution in [-0.4, -0.2) is 21.4 Å². The molecule has 0 saturated carbocycles. The van der Waals surface area contributed by atoms with Crippen LogP contribution in [0.4, 0.5) is 65.9 Å². The van der Waals surface area contributed by atoms with E-state index in [1.165, 1.54) is 0 Å². The van der Waals surface area contributed by atoms with Crippen LogP contribution in [0.25, 0.3) is 22.4 Å². The summed E-state index contributed by atoms with van der Waals surface area (Å²) >= 11 is 0. The fourth-order valence-electron chi connectivity index (χ4n) is 6.54. The summed E-state index contributed by atoms with van der Waals surface area (Å²) in [6.45, 7) is 0. The van der Waals surface area contributed by atoms with Crippen molar-refractivity contribution in [2.75, 3.05) is 0 Å². The third-order valence-corrected chi connectivity index (χ3v) is 9.08. The summed E-state index contributed by atoms with van der Waals surface area (Å²) in [5.41, 5.74) is -9.31. The Kier molecular flexibility index (Phi) is 8.31. The number of fused-ring (bicyclic) bond motifs is 7. The summed E-state index contributed by atoms with van der Waals surface area (Å²) < 4.78 is 223. The number of nitrogens with one attached hydrogen (secondary N) is 2. The Morgan fingerprint density at radius 3 is 1.23 bits per heavy atom. The molecule has 3 aliphatic rings. The topological polar surface area (TPSA) is 56.3 Å². The van der Waals surface area contributed by atoms with Gasteiger partial charge in [-0.1, -0.05) is 0 Å². The van der Waals surface area contributed by atoms with E-state index in [1.54, 1.807) is 0 Å². The standard InChI is InChI=1S/C37H11F15N4/c38-23-20(24(39)30(45)35(50)29(23)44)17-9-7-16(53-8-9)19(22-27(42)33(48)37(52)34(49)28(22)43)15-6-5-14(56-15)18(21-25(40)31(46)36(51)32(47)26(21)41)13-4-2-11(55-13)10-1-3-12(17)54-10/h1-6,8,54,56H,7H2. The molecule has 0 saturated heterocycles. The summed E-state index contributed by atoms with van der Waals surface area (Å²) in [6.07, 6.45) is 2.00. The average molecular weight is 796 g/mol. The maximum atomic E-state index is 15.6. The van der Waals surface area contributed by atoms with Gasteiger partial charge in [-0.05, 0) is 42.0 Å². The summed E-state index contributed by atoms with van der Waals surface area (Å²) in [4.78, 5) is 13.2. The van der Waals surface area contributed by atoms with Gasteiger partial charge >= 0.3 is 0 Å². The smallest absolute Gasteiger partial charge is 0.200 e. The van der Waals surface area contributed by atoms with E-state index in [-0.39, 0.29) is 11.0 Å². The van der Waals surface area contributed by atoms with E-state index in [1.807, 2.05) is 0 Å². The number of benzene rings is 3. The number of aliphatic imine (C=N–C) groups is 2. The molecular formula is C37H11F15N4. The fraction of sp³-hybridized carbons (Fsp3) is 0.0270. The molecule has 284 valence electrons. The lowest BCUT2D eigenvalue weighted by Gasteiger charge is -2.15. The van der Waals surface area contributed by atoms with Crippen LogP contribution < -0.4 is 21.4 Å². The second-order valence-corrected chi connectivity index (χ2v) is 12.2. The summed E-state index contributed by atoms with van der Waals surface area (Å²) in [5, 5.41) is -1.82. The van der Waals surface area contributed by atoms with E-state index < -0.39 is 160 Å². The van der Waals surface area contributed by atoms with Gasteiger partial charge in [0.05, 0.1) is 39.2 Å². The van der Waals surface area contributed by atoms with Gasteiger partial charge in [0.1, 0.15) is 0 Å². The van der Waals surface area contributed by atoms with Gasteiger partial charge in [0.2, 0.25) is 17.5 Å². The monoisotopic (exact) mass is 796 g/mol. The first-order valence-electron chi connectivity index (χ1n) is 15.5. The molecule has 5 aromatic rings. The van der Waals surface area contributed by atoms with Crippen molar-refractivity contribution in [3.8, 4) is 0 Å². The second-order valence-electron chi connectivity index (χ2n) is 12.2. The van der Waals surface area contributed by atoms with Crippen LogP contribution in [0.15, 0.2) is 58.2 Å². The van der Waals surface area contributed by atoms with Gasteiger partial charge in [-0.25, -0.2) is 70.8 Å².